The number of ether oxygens (including phenoxy) is 3. The number of carbonyl (C=O) groups is 1. The number of benzene rings is 1. The molecule has 3 aromatic rings. The second-order valence-corrected chi connectivity index (χ2v) is 10.5. The largest absolute Gasteiger partial charge is 0.385 e. The Balaban J connectivity index is 2.13. The van der Waals surface area contributed by atoms with Crippen molar-refractivity contribution < 1.29 is 19.0 Å². The maximum atomic E-state index is 11.9. The number of azo groups is 1. The van der Waals surface area contributed by atoms with Gasteiger partial charge in [-0.15, -0.1) is 15.3 Å². The number of aryl methyl sites for hydroxylation is 1. The van der Waals surface area contributed by atoms with Crippen LogP contribution in [0.5, 0.6) is 0 Å². The van der Waals surface area contributed by atoms with Crippen molar-refractivity contribution in [1.82, 2.24) is 19.7 Å². The summed E-state index contributed by atoms with van der Waals surface area (Å²) in [6, 6.07) is 7.23. The molecule has 0 bridgehead atoms. The van der Waals surface area contributed by atoms with E-state index >= 15 is 0 Å². The van der Waals surface area contributed by atoms with E-state index in [2.05, 4.69) is 65.3 Å². The van der Waals surface area contributed by atoms with Crippen LogP contribution in [0.4, 0.5) is 34.8 Å². The first-order chi connectivity index (χ1) is 22.7. The van der Waals surface area contributed by atoms with Crippen molar-refractivity contribution in [2.75, 3.05) is 69.0 Å². The van der Waals surface area contributed by atoms with Gasteiger partial charge >= 0.3 is 0 Å². The molecule has 3 rings (SSSR count). The van der Waals surface area contributed by atoms with Gasteiger partial charge in [0.2, 0.25) is 17.7 Å². The Morgan fingerprint density at radius 1 is 1.04 bits per heavy atom. The lowest BCUT2D eigenvalue weighted by Crippen LogP contribution is -2.25. The summed E-state index contributed by atoms with van der Waals surface area (Å²) in [5, 5.41) is 45.7. The fourth-order valence-electron chi connectivity index (χ4n) is 4.40. The molecule has 0 spiro atoms. The molecule has 1 amide bonds. The van der Waals surface area contributed by atoms with Gasteiger partial charge in [0.1, 0.15) is 17.7 Å². The predicted octanol–water partition coefficient (Wildman–Crippen LogP) is 4.60. The van der Waals surface area contributed by atoms with Crippen LogP contribution in [0.25, 0.3) is 5.69 Å². The first-order valence-electron chi connectivity index (χ1n) is 14.7. The molecule has 2 unspecified atom stereocenters. The van der Waals surface area contributed by atoms with Crippen LogP contribution in [0.3, 0.4) is 0 Å². The number of nitriles is 2. The number of anilines is 4. The lowest BCUT2D eigenvalue weighted by Gasteiger charge is -2.19. The Morgan fingerprint density at radius 2 is 1.74 bits per heavy atom. The molecule has 0 aliphatic heterocycles. The van der Waals surface area contributed by atoms with E-state index in [9.17, 15) is 15.3 Å². The number of amides is 1. The highest BCUT2D eigenvalue weighted by molar-refractivity contribution is 5.99. The number of hydrogen-bond donors (Lipinski definition) is 4. The molecule has 0 saturated carbocycles. The van der Waals surface area contributed by atoms with Crippen LogP contribution >= 0.6 is 0 Å². The molecule has 0 aliphatic carbocycles. The molecule has 0 saturated heterocycles. The number of methoxy groups -OCH3 is 3. The third-order valence-corrected chi connectivity index (χ3v) is 6.48. The minimum atomic E-state index is -0.416. The van der Waals surface area contributed by atoms with Crippen LogP contribution in [0.1, 0.15) is 37.0 Å². The zero-order chi connectivity index (χ0) is 34.3. The van der Waals surface area contributed by atoms with Crippen LogP contribution in [0.2, 0.25) is 0 Å². The van der Waals surface area contributed by atoms with Gasteiger partial charge in [0, 0.05) is 52.3 Å². The second kappa shape index (κ2) is 17.9. The second-order valence-electron chi connectivity index (χ2n) is 10.5. The van der Waals surface area contributed by atoms with E-state index in [1.807, 2.05) is 13.8 Å². The van der Waals surface area contributed by atoms with Crippen LogP contribution < -0.4 is 21.3 Å². The van der Waals surface area contributed by atoms with E-state index in [1.165, 1.54) is 10.9 Å². The van der Waals surface area contributed by atoms with E-state index in [0.29, 0.717) is 72.9 Å². The van der Waals surface area contributed by atoms with Gasteiger partial charge in [-0.25, -0.2) is 4.68 Å². The van der Waals surface area contributed by atoms with Crippen molar-refractivity contribution in [1.29, 1.82) is 10.5 Å². The average molecular weight is 645 g/mol. The summed E-state index contributed by atoms with van der Waals surface area (Å²) in [5.41, 5.74) is 2.03. The SMILES string of the molecule is C=CC(=O)Nc1cc(C)c(C#N)c(-n2cc(C#N)c(N=Nc3c(NCCCOC)nc(NC(C)COC)nc3NC(C)COC)n2)c1. The molecular weight excluding hydrogens is 604 g/mol. The lowest BCUT2D eigenvalue weighted by molar-refractivity contribution is -0.111. The predicted molar refractivity (Wildman–Crippen MR) is 178 cm³/mol. The van der Waals surface area contributed by atoms with Crippen molar-refractivity contribution in [2.24, 2.45) is 10.2 Å². The van der Waals surface area contributed by atoms with Crippen molar-refractivity contribution >= 4 is 40.7 Å². The molecule has 47 heavy (non-hydrogen) atoms. The van der Waals surface area contributed by atoms with E-state index in [1.54, 1.807) is 40.4 Å². The quantitative estimate of drug-likeness (QED) is 0.0851. The first kappa shape index (κ1) is 36.1. The van der Waals surface area contributed by atoms with Gasteiger partial charge in [0.25, 0.3) is 0 Å². The van der Waals surface area contributed by atoms with Crippen molar-refractivity contribution in [3.8, 4) is 17.8 Å². The number of carbonyl (C=O) groups excluding carboxylic acids is 1. The monoisotopic (exact) mass is 644 g/mol. The van der Waals surface area contributed by atoms with Crippen LogP contribution in [-0.4, -0.2) is 85.4 Å². The molecule has 1 aromatic carbocycles. The highest BCUT2D eigenvalue weighted by atomic mass is 16.5. The molecular formula is C31H40N12O4. The van der Waals surface area contributed by atoms with Gasteiger partial charge in [-0.2, -0.15) is 20.5 Å². The van der Waals surface area contributed by atoms with E-state index < -0.39 is 5.91 Å². The number of rotatable bonds is 18. The maximum Gasteiger partial charge on any atom is 0.247 e. The molecule has 2 atom stereocenters. The van der Waals surface area contributed by atoms with Gasteiger partial charge in [-0.1, -0.05) is 6.58 Å². The topological polar surface area (TPSA) is 209 Å². The smallest absolute Gasteiger partial charge is 0.247 e. The minimum Gasteiger partial charge on any atom is -0.385 e. The first-order valence-corrected chi connectivity index (χ1v) is 14.7. The summed E-state index contributed by atoms with van der Waals surface area (Å²) in [6.07, 6.45) is 3.27. The Morgan fingerprint density at radius 3 is 2.38 bits per heavy atom. The summed E-state index contributed by atoms with van der Waals surface area (Å²) in [7, 11) is 4.84. The zero-order valence-corrected chi connectivity index (χ0v) is 27.4. The van der Waals surface area contributed by atoms with E-state index in [-0.39, 0.29) is 29.2 Å². The van der Waals surface area contributed by atoms with Crippen molar-refractivity contribution in [3.63, 3.8) is 0 Å². The van der Waals surface area contributed by atoms with Gasteiger partial charge < -0.3 is 35.5 Å². The van der Waals surface area contributed by atoms with Crippen LogP contribution in [0, 0.1) is 29.6 Å². The highest BCUT2D eigenvalue weighted by Crippen LogP contribution is 2.35. The standard InChI is InChI=1S/C31H40N12O4/c1-8-26(44)37-23-12-19(2)24(15-33)25(13-23)43-16-22(14-32)28(42-43)41-40-27-29(34-10-9-11-45-5)38-31(36-21(4)18-47-7)39-30(27)35-20(3)17-46-6/h8,12-13,16,20-21H,1,9-11,17-18H2,2-7H3,(H,37,44)(H3,34,35,36,38,39). The summed E-state index contributed by atoms with van der Waals surface area (Å²) in [4.78, 5) is 21.3. The Hall–Kier alpha value is -5.42. The summed E-state index contributed by atoms with van der Waals surface area (Å²) < 4.78 is 17.1. The van der Waals surface area contributed by atoms with E-state index in [0.717, 1.165) is 6.08 Å². The third kappa shape index (κ3) is 10.0. The fraction of sp³-hybridized carbons (Fsp3) is 0.419. The lowest BCUT2D eigenvalue weighted by atomic mass is 10.1. The molecule has 2 aromatic heterocycles. The molecule has 4 N–H and O–H groups in total. The van der Waals surface area contributed by atoms with Crippen molar-refractivity contribution in [3.05, 3.63) is 47.7 Å². The highest BCUT2D eigenvalue weighted by Gasteiger charge is 2.20. The number of hydrogen-bond acceptors (Lipinski definition) is 14. The third-order valence-electron chi connectivity index (χ3n) is 6.48. The molecule has 0 aliphatic rings. The van der Waals surface area contributed by atoms with Crippen molar-refractivity contribution in [2.45, 2.75) is 39.3 Å². The molecule has 0 fully saturated rings. The molecule has 16 heteroatoms. The Bertz CT molecular complexity index is 1660. The van der Waals surface area contributed by atoms with Crippen LogP contribution in [0.15, 0.2) is 41.2 Å². The number of nitrogens with one attached hydrogen (secondary N) is 4. The van der Waals surface area contributed by atoms with E-state index in [4.69, 9.17) is 14.2 Å². The van der Waals surface area contributed by atoms with Gasteiger partial charge in [-0.05, 0) is 51.0 Å². The minimum absolute atomic E-state index is 0.00767. The number of aromatic nitrogens is 4. The summed E-state index contributed by atoms with van der Waals surface area (Å²) in [6.45, 7) is 10.9. The summed E-state index contributed by atoms with van der Waals surface area (Å²) in [5.74, 6) is 0.650. The molecule has 248 valence electrons. The molecule has 16 nitrogen and oxygen atoms in total. The average Bonchev–Trinajstić information content (AvgIpc) is 3.45. The Labute approximate surface area is 273 Å². The molecule has 2 heterocycles. The molecule has 0 radical (unpaired) electrons. The van der Waals surface area contributed by atoms with Crippen LogP contribution in [-0.2, 0) is 19.0 Å². The maximum absolute atomic E-state index is 11.9. The Kier molecular flexibility index (Phi) is 13.7. The zero-order valence-electron chi connectivity index (χ0n) is 27.4. The van der Waals surface area contributed by atoms with Gasteiger partial charge in [0.05, 0.1) is 30.7 Å². The summed E-state index contributed by atoms with van der Waals surface area (Å²) >= 11 is 0. The van der Waals surface area contributed by atoms with Gasteiger partial charge in [0.15, 0.2) is 17.3 Å². The van der Waals surface area contributed by atoms with Gasteiger partial charge in [-0.3, -0.25) is 4.79 Å². The fourth-order valence-corrected chi connectivity index (χ4v) is 4.40. The number of nitrogens with zero attached hydrogens (tertiary/aromatic N) is 8. The normalized spacial score (nSPS) is 12.2.